The summed E-state index contributed by atoms with van der Waals surface area (Å²) >= 11 is 0. The molecule has 1 N–H and O–H groups in total. The van der Waals surface area contributed by atoms with E-state index in [1.807, 2.05) is 24.3 Å². The molecule has 1 aliphatic heterocycles. The highest BCUT2D eigenvalue weighted by Crippen LogP contribution is 2.38. The predicted molar refractivity (Wildman–Crippen MR) is 152 cm³/mol. The van der Waals surface area contributed by atoms with E-state index in [4.69, 9.17) is 0 Å². The molecule has 3 aromatic rings. The van der Waals surface area contributed by atoms with E-state index < -0.39 is 6.09 Å². The van der Waals surface area contributed by atoms with Crippen molar-refractivity contribution in [2.45, 2.75) is 12.8 Å². The molecule has 1 saturated heterocycles. The first-order valence-electron chi connectivity index (χ1n) is 12.1. The van der Waals surface area contributed by atoms with E-state index in [1.54, 1.807) is 5.57 Å². The van der Waals surface area contributed by atoms with Gasteiger partial charge in [0.1, 0.15) is 0 Å². The lowest BCUT2D eigenvalue weighted by Gasteiger charge is -2.29. The highest BCUT2D eigenvalue weighted by molar-refractivity contribution is 5.95. The molecule has 36 heavy (non-hydrogen) atoms. The Labute approximate surface area is 219 Å². The van der Waals surface area contributed by atoms with Crippen LogP contribution in [0.3, 0.4) is 0 Å². The molecule has 1 heterocycles. The van der Waals surface area contributed by atoms with Crippen molar-refractivity contribution < 1.29 is 9.53 Å². The molecule has 0 aromatic heterocycles. The number of halogens is 1. The average Bonchev–Trinajstić information content (AvgIpc) is 3.07. The fourth-order valence-corrected chi connectivity index (χ4v) is 4.89. The summed E-state index contributed by atoms with van der Waals surface area (Å²) in [5.74, 6) is 0. The van der Waals surface area contributed by atoms with Crippen LogP contribution in [0.4, 0.5) is 10.5 Å². The van der Waals surface area contributed by atoms with Gasteiger partial charge in [0.25, 0.3) is 0 Å². The fourth-order valence-electron chi connectivity index (χ4n) is 4.89. The van der Waals surface area contributed by atoms with Gasteiger partial charge in [0, 0.05) is 25.3 Å². The molecule has 0 unspecified atom stereocenters. The molecule has 5 heteroatoms. The second-order valence-electron chi connectivity index (χ2n) is 8.93. The normalized spacial score (nSPS) is 15.0. The fraction of sp³-hybridized carbons (Fsp3) is 0.194. The zero-order valence-electron chi connectivity index (χ0n) is 20.4. The third-order valence-electron chi connectivity index (χ3n) is 6.73. The first kappa shape index (κ1) is 25.5. The molecule has 3 aromatic carbocycles. The number of amides is 1. The number of methoxy groups -OCH3 is 1. The summed E-state index contributed by atoms with van der Waals surface area (Å²) in [7, 11) is 1.36. The van der Waals surface area contributed by atoms with Gasteiger partial charge in [0.15, 0.2) is 0 Å². The topological polar surface area (TPSA) is 41.6 Å². The van der Waals surface area contributed by atoms with Crippen LogP contribution in [0.5, 0.6) is 0 Å². The summed E-state index contributed by atoms with van der Waals surface area (Å²) < 4.78 is 4.63. The van der Waals surface area contributed by atoms with Crippen LogP contribution in [0.1, 0.15) is 40.7 Å². The first-order valence-corrected chi connectivity index (χ1v) is 12.1. The van der Waals surface area contributed by atoms with Gasteiger partial charge in [-0.25, -0.2) is 4.79 Å². The highest BCUT2D eigenvalue weighted by atomic mass is 35.5. The van der Waals surface area contributed by atoms with Crippen molar-refractivity contribution in [3.8, 4) is 0 Å². The molecule has 0 saturated carbocycles. The number of likely N-dealkylation sites (tertiary alicyclic amines) is 1. The molecule has 5 rings (SSSR count). The number of ether oxygens (including phenoxy) is 1. The third kappa shape index (κ3) is 5.78. The van der Waals surface area contributed by atoms with Gasteiger partial charge in [-0.3, -0.25) is 10.2 Å². The second kappa shape index (κ2) is 11.9. The van der Waals surface area contributed by atoms with E-state index in [0.29, 0.717) is 0 Å². The molecular formula is C31H31ClN2O2. The standard InChI is InChI=1S/C31H30N2O2.ClH/c1-35-31(34)32-27-16-12-23(13-17-27)7-6-20-33-21-18-26(19-22-33)30-28-10-4-2-8-24(28)14-15-25-9-3-5-11-29(25)30;/h2-17H,18-22H2,1H3,(H,32,34);1H/b7-6+;. The van der Waals surface area contributed by atoms with Crippen molar-refractivity contribution in [1.29, 1.82) is 0 Å². The molecular weight excluding hydrogens is 468 g/mol. The van der Waals surface area contributed by atoms with E-state index >= 15 is 0 Å². The van der Waals surface area contributed by atoms with Gasteiger partial charge < -0.3 is 4.74 Å². The minimum Gasteiger partial charge on any atom is -0.453 e. The van der Waals surface area contributed by atoms with Crippen molar-refractivity contribution in [3.63, 3.8) is 0 Å². The van der Waals surface area contributed by atoms with E-state index in [2.05, 4.69) is 87.8 Å². The zero-order valence-corrected chi connectivity index (χ0v) is 21.3. The van der Waals surface area contributed by atoms with Gasteiger partial charge in [0.05, 0.1) is 7.11 Å². The Bertz CT molecular complexity index is 1250. The minimum atomic E-state index is -0.459. The Hall–Kier alpha value is -3.60. The van der Waals surface area contributed by atoms with Crippen LogP contribution < -0.4 is 5.32 Å². The second-order valence-corrected chi connectivity index (χ2v) is 8.93. The molecule has 4 nitrogen and oxygen atoms in total. The van der Waals surface area contributed by atoms with Crippen LogP contribution >= 0.6 is 12.4 Å². The smallest absolute Gasteiger partial charge is 0.411 e. The highest BCUT2D eigenvalue weighted by Gasteiger charge is 2.22. The number of carbonyl (C=O) groups is 1. The minimum absolute atomic E-state index is 0. The molecule has 0 spiro atoms. The van der Waals surface area contributed by atoms with E-state index in [9.17, 15) is 4.79 Å². The van der Waals surface area contributed by atoms with Gasteiger partial charge in [-0.1, -0.05) is 90.5 Å². The van der Waals surface area contributed by atoms with Crippen molar-refractivity contribution in [1.82, 2.24) is 4.90 Å². The van der Waals surface area contributed by atoms with Gasteiger partial charge in [0.2, 0.25) is 0 Å². The predicted octanol–water partition coefficient (Wildman–Crippen LogP) is 7.38. The van der Waals surface area contributed by atoms with E-state index in [0.717, 1.165) is 43.7 Å². The van der Waals surface area contributed by atoms with Gasteiger partial charge in [-0.15, -0.1) is 12.4 Å². The molecule has 0 atom stereocenters. The van der Waals surface area contributed by atoms with Crippen molar-refractivity contribution in [2.24, 2.45) is 0 Å². The van der Waals surface area contributed by atoms with Crippen LogP contribution in [0.25, 0.3) is 23.8 Å². The van der Waals surface area contributed by atoms with E-state index in [1.165, 1.54) is 34.9 Å². The number of nitrogens with one attached hydrogen (secondary N) is 1. The number of carbonyl (C=O) groups excluding carboxylic acids is 1. The summed E-state index contributed by atoms with van der Waals surface area (Å²) in [5, 5.41) is 2.67. The summed E-state index contributed by atoms with van der Waals surface area (Å²) in [6, 6.07) is 25.3. The Morgan fingerprint density at radius 2 is 1.47 bits per heavy atom. The number of fused-ring (bicyclic) bond motifs is 2. The lowest BCUT2D eigenvalue weighted by Crippen LogP contribution is -2.31. The summed E-state index contributed by atoms with van der Waals surface area (Å²) in [5.41, 5.74) is 10.1. The third-order valence-corrected chi connectivity index (χ3v) is 6.73. The summed E-state index contributed by atoms with van der Waals surface area (Å²) in [4.78, 5) is 13.8. The maximum absolute atomic E-state index is 11.3. The number of rotatable bonds is 4. The largest absolute Gasteiger partial charge is 0.453 e. The van der Waals surface area contributed by atoms with Crippen molar-refractivity contribution >= 4 is 48.0 Å². The Kier molecular flexibility index (Phi) is 8.42. The molecule has 1 aliphatic carbocycles. The van der Waals surface area contributed by atoms with Crippen LogP contribution in [-0.4, -0.2) is 37.7 Å². The van der Waals surface area contributed by atoms with Gasteiger partial charge >= 0.3 is 6.09 Å². The van der Waals surface area contributed by atoms with Crippen LogP contribution in [0.15, 0.2) is 84.4 Å². The van der Waals surface area contributed by atoms with Crippen molar-refractivity contribution in [2.75, 3.05) is 32.1 Å². The average molecular weight is 499 g/mol. The zero-order chi connectivity index (χ0) is 24.0. The molecule has 184 valence electrons. The van der Waals surface area contributed by atoms with Crippen molar-refractivity contribution in [3.05, 3.63) is 112 Å². The quantitative estimate of drug-likeness (QED) is 0.319. The summed E-state index contributed by atoms with van der Waals surface area (Å²) in [6.45, 7) is 3.05. The summed E-state index contributed by atoms with van der Waals surface area (Å²) in [6.07, 6.45) is 10.6. The molecule has 0 radical (unpaired) electrons. The van der Waals surface area contributed by atoms with Crippen LogP contribution in [-0.2, 0) is 4.74 Å². The monoisotopic (exact) mass is 498 g/mol. The molecule has 2 aliphatic rings. The first-order chi connectivity index (χ1) is 17.2. The van der Waals surface area contributed by atoms with Gasteiger partial charge in [-0.2, -0.15) is 0 Å². The number of benzene rings is 3. The number of hydrogen-bond acceptors (Lipinski definition) is 3. The maximum Gasteiger partial charge on any atom is 0.411 e. The molecule has 0 bridgehead atoms. The Balaban J connectivity index is 0.00000304. The van der Waals surface area contributed by atoms with Gasteiger partial charge in [-0.05, 0) is 58.4 Å². The lowest BCUT2D eigenvalue weighted by molar-refractivity contribution is 0.187. The van der Waals surface area contributed by atoms with Crippen LogP contribution in [0, 0.1) is 0 Å². The number of nitrogens with zero attached hydrogens (tertiary/aromatic N) is 1. The number of hydrogen-bond donors (Lipinski definition) is 1. The SMILES string of the molecule is COC(=O)Nc1ccc(/C=C/CN2CCC(=C3c4ccccc4C=Cc4ccccc43)CC2)cc1.Cl. The molecule has 1 fully saturated rings. The molecule has 1 amide bonds. The lowest BCUT2D eigenvalue weighted by atomic mass is 9.86. The number of piperidine rings is 1. The van der Waals surface area contributed by atoms with E-state index in [-0.39, 0.29) is 12.4 Å². The Morgan fingerprint density at radius 1 is 0.889 bits per heavy atom. The maximum atomic E-state index is 11.3. The van der Waals surface area contributed by atoms with Crippen LogP contribution in [0.2, 0.25) is 0 Å². The Morgan fingerprint density at radius 3 is 2.06 bits per heavy atom. The number of anilines is 1.